The Kier molecular flexibility index (Phi) is 12.6. The highest BCUT2D eigenvalue weighted by Gasteiger charge is 2.17. The first-order valence-electron chi connectivity index (χ1n) is 12.7. The molecular formula is C28H38Cl2N6O2. The van der Waals surface area contributed by atoms with Crippen molar-refractivity contribution in [2.24, 2.45) is 11.5 Å². The maximum atomic E-state index is 12.4. The molecule has 0 radical (unpaired) electrons. The van der Waals surface area contributed by atoms with Crippen molar-refractivity contribution in [3.63, 3.8) is 0 Å². The topological polar surface area (TPSA) is 142 Å². The van der Waals surface area contributed by atoms with Gasteiger partial charge in [0.05, 0.1) is 12.1 Å². The minimum atomic E-state index is -0.576. The summed E-state index contributed by atoms with van der Waals surface area (Å²) in [6.07, 6.45) is 8.52. The zero-order chi connectivity index (χ0) is 25.3. The molecule has 0 saturated carbocycles. The third kappa shape index (κ3) is 8.23. The van der Waals surface area contributed by atoms with Crippen LogP contribution >= 0.6 is 24.8 Å². The van der Waals surface area contributed by atoms with Gasteiger partial charge in [-0.05, 0) is 48.9 Å². The van der Waals surface area contributed by atoms with Crippen LogP contribution in [0.1, 0.15) is 36.8 Å². The van der Waals surface area contributed by atoms with Gasteiger partial charge in [-0.2, -0.15) is 0 Å². The van der Waals surface area contributed by atoms with Crippen LogP contribution in [0.3, 0.4) is 0 Å². The molecule has 0 aliphatic carbocycles. The monoisotopic (exact) mass is 560 g/mol. The molecule has 38 heavy (non-hydrogen) atoms. The number of unbranched alkanes of at least 4 members (excludes halogenated alkanes) is 3. The van der Waals surface area contributed by atoms with E-state index in [1.165, 1.54) is 0 Å². The molecule has 2 aromatic carbocycles. The maximum Gasteiger partial charge on any atom is 0.237 e. The van der Waals surface area contributed by atoms with Crippen LogP contribution in [0.4, 0.5) is 0 Å². The van der Waals surface area contributed by atoms with Crippen LogP contribution in [-0.4, -0.2) is 47.0 Å². The Balaban J connectivity index is 0.00000253. The smallest absolute Gasteiger partial charge is 0.237 e. The molecule has 10 heteroatoms. The van der Waals surface area contributed by atoms with E-state index in [0.29, 0.717) is 25.9 Å². The molecular weight excluding hydrogens is 523 g/mol. The summed E-state index contributed by atoms with van der Waals surface area (Å²) in [5, 5.41) is 8.08. The van der Waals surface area contributed by atoms with E-state index in [1.54, 1.807) is 0 Å². The van der Waals surface area contributed by atoms with Gasteiger partial charge in [0.2, 0.25) is 11.8 Å². The number of benzene rings is 2. The molecule has 2 aromatic heterocycles. The first-order valence-corrected chi connectivity index (χ1v) is 12.7. The van der Waals surface area contributed by atoms with Gasteiger partial charge in [0.1, 0.15) is 0 Å². The summed E-state index contributed by atoms with van der Waals surface area (Å²) in [6.45, 7) is 1.20. The zero-order valence-corrected chi connectivity index (χ0v) is 23.0. The van der Waals surface area contributed by atoms with Crippen LogP contribution in [0.5, 0.6) is 0 Å². The standard InChI is InChI=1S/C28H36N6O2.2ClH/c29-23(15-19-17-33-25-11-5-3-9-21(19)25)27(35)31-13-7-1-2-8-14-32-28(36)24(30)16-20-18-34-26-12-6-4-10-22(20)26;;/h3-6,9-12,17-18,23-24,33-34H,1-2,7-8,13-16,29-30H2,(H,31,35)(H,32,36);2*1H/t23-,24-;;/m0../s1. The molecule has 8 N–H and O–H groups in total. The van der Waals surface area contributed by atoms with Gasteiger partial charge < -0.3 is 32.1 Å². The molecule has 2 heterocycles. The minimum absolute atomic E-state index is 0. The van der Waals surface area contributed by atoms with Crippen molar-refractivity contribution in [1.29, 1.82) is 0 Å². The number of halogens is 2. The number of H-pyrrole nitrogens is 2. The molecule has 0 spiro atoms. The fourth-order valence-electron chi connectivity index (χ4n) is 4.55. The van der Waals surface area contributed by atoms with Gasteiger partial charge in [-0.3, -0.25) is 9.59 Å². The van der Waals surface area contributed by atoms with E-state index in [0.717, 1.165) is 58.6 Å². The largest absolute Gasteiger partial charge is 0.361 e. The summed E-state index contributed by atoms with van der Waals surface area (Å²) in [6, 6.07) is 14.9. The van der Waals surface area contributed by atoms with Crippen molar-refractivity contribution >= 4 is 58.4 Å². The Morgan fingerprint density at radius 1 is 0.658 bits per heavy atom. The number of amides is 2. The number of rotatable bonds is 13. The fourth-order valence-corrected chi connectivity index (χ4v) is 4.55. The zero-order valence-electron chi connectivity index (χ0n) is 21.4. The summed E-state index contributed by atoms with van der Waals surface area (Å²) in [4.78, 5) is 31.1. The van der Waals surface area contributed by atoms with Crippen LogP contribution < -0.4 is 22.1 Å². The van der Waals surface area contributed by atoms with E-state index in [4.69, 9.17) is 11.5 Å². The van der Waals surface area contributed by atoms with Crippen LogP contribution in [0, 0.1) is 0 Å². The van der Waals surface area contributed by atoms with E-state index in [2.05, 4.69) is 20.6 Å². The number of hydrogen-bond acceptors (Lipinski definition) is 4. The highest BCUT2D eigenvalue weighted by Crippen LogP contribution is 2.19. The van der Waals surface area contributed by atoms with Crippen molar-refractivity contribution in [2.75, 3.05) is 13.1 Å². The van der Waals surface area contributed by atoms with Gasteiger partial charge in [0, 0.05) is 47.3 Å². The number of aromatic amines is 2. The summed E-state index contributed by atoms with van der Waals surface area (Å²) in [7, 11) is 0. The number of carbonyl (C=O) groups is 2. The minimum Gasteiger partial charge on any atom is -0.361 e. The normalized spacial score (nSPS) is 12.4. The highest BCUT2D eigenvalue weighted by atomic mass is 35.5. The first kappa shape index (κ1) is 31.2. The van der Waals surface area contributed by atoms with Crippen LogP contribution in [0.2, 0.25) is 0 Å². The molecule has 0 aliphatic heterocycles. The van der Waals surface area contributed by atoms with Crippen molar-refractivity contribution in [3.05, 3.63) is 72.1 Å². The molecule has 0 fully saturated rings. The van der Waals surface area contributed by atoms with Gasteiger partial charge in [-0.1, -0.05) is 49.2 Å². The molecule has 2 amide bonds. The number of nitrogens with two attached hydrogens (primary N) is 2. The van der Waals surface area contributed by atoms with Crippen LogP contribution in [-0.2, 0) is 22.4 Å². The van der Waals surface area contributed by atoms with Crippen molar-refractivity contribution < 1.29 is 9.59 Å². The predicted molar refractivity (Wildman–Crippen MR) is 159 cm³/mol. The maximum absolute atomic E-state index is 12.4. The molecule has 4 rings (SSSR count). The second kappa shape index (κ2) is 15.4. The number of aromatic nitrogens is 2. The lowest BCUT2D eigenvalue weighted by Crippen LogP contribution is -2.42. The van der Waals surface area contributed by atoms with E-state index in [-0.39, 0.29) is 36.6 Å². The Labute approximate surface area is 235 Å². The second-order valence-electron chi connectivity index (χ2n) is 9.34. The molecule has 0 aliphatic rings. The number of carbonyl (C=O) groups excluding carboxylic acids is 2. The van der Waals surface area contributed by atoms with Gasteiger partial charge in [-0.25, -0.2) is 0 Å². The summed E-state index contributed by atoms with van der Waals surface area (Å²) in [5.41, 5.74) is 16.5. The Hall–Kier alpha value is -3.04. The fraction of sp³-hybridized carbons (Fsp3) is 0.357. The van der Waals surface area contributed by atoms with E-state index in [1.807, 2.05) is 60.9 Å². The van der Waals surface area contributed by atoms with E-state index in [9.17, 15) is 9.59 Å². The van der Waals surface area contributed by atoms with Gasteiger partial charge >= 0.3 is 0 Å². The van der Waals surface area contributed by atoms with Gasteiger partial charge in [0.25, 0.3) is 0 Å². The second-order valence-corrected chi connectivity index (χ2v) is 9.34. The average Bonchev–Trinajstić information content (AvgIpc) is 3.49. The lowest BCUT2D eigenvalue weighted by Gasteiger charge is -2.13. The number of fused-ring (bicyclic) bond motifs is 2. The summed E-state index contributed by atoms with van der Waals surface area (Å²) < 4.78 is 0. The first-order chi connectivity index (χ1) is 17.5. The average molecular weight is 562 g/mol. The van der Waals surface area contributed by atoms with Crippen LogP contribution in [0.25, 0.3) is 21.8 Å². The van der Waals surface area contributed by atoms with Crippen molar-refractivity contribution in [1.82, 2.24) is 20.6 Å². The lowest BCUT2D eigenvalue weighted by atomic mass is 10.0. The number of nitrogens with one attached hydrogen (secondary N) is 4. The molecule has 206 valence electrons. The summed E-state index contributed by atoms with van der Waals surface area (Å²) >= 11 is 0. The van der Waals surface area contributed by atoms with E-state index < -0.39 is 12.1 Å². The third-order valence-corrected chi connectivity index (χ3v) is 6.61. The Morgan fingerprint density at radius 3 is 1.47 bits per heavy atom. The van der Waals surface area contributed by atoms with Gasteiger partial charge in [-0.15, -0.1) is 24.8 Å². The van der Waals surface area contributed by atoms with Gasteiger partial charge in [0.15, 0.2) is 0 Å². The Morgan fingerprint density at radius 2 is 1.05 bits per heavy atom. The highest BCUT2D eigenvalue weighted by molar-refractivity contribution is 5.87. The van der Waals surface area contributed by atoms with Crippen molar-refractivity contribution in [3.8, 4) is 0 Å². The predicted octanol–water partition coefficient (Wildman–Crippen LogP) is 3.73. The van der Waals surface area contributed by atoms with Crippen molar-refractivity contribution in [2.45, 2.75) is 50.6 Å². The SMILES string of the molecule is Cl.Cl.N[C@@H](Cc1c[nH]c2ccccc12)C(=O)NCCCCCCNC(=O)[C@@H](N)Cc1c[nH]c2ccccc12. The molecule has 0 unspecified atom stereocenters. The third-order valence-electron chi connectivity index (χ3n) is 6.61. The lowest BCUT2D eigenvalue weighted by molar-refractivity contribution is -0.123. The van der Waals surface area contributed by atoms with Crippen LogP contribution in [0.15, 0.2) is 60.9 Å². The quantitative estimate of drug-likeness (QED) is 0.138. The molecule has 0 saturated heterocycles. The molecule has 0 bridgehead atoms. The number of para-hydroxylation sites is 2. The molecule has 4 aromatic rings. The molecule has 8 nitrogen and oxygen atoms in total. The Bertz CT molecular complexity index is 1200. The number of hydrogen-bond donors (Lipinski definition) is 6. The summed E-state index contributed by atoms with van der Waals surface area (Å²) in [5.74, 6) is -0.256. The van der Waals surface area contributed by atoms with E-state index >= 15 is 0 Å². The molecule has 2 atom stereocenters.